The first-order valence-corrected chi connectivity index (χ1v) is 5.96. The minimum atomic E-state index is -0.576. The highest BCUT2D eigenvalue weighted by molar-refractivity contribution is 5.67. The second-order valence-corrected chi connectivity index (χ2v) is 5.18. The van der Waals surface area contributed by atoms with Crippen LogP contribution in [0.5, 0.6) is 5.75 Å². The number of carbonyl (C=O) groups is 1. The lowest BCUT2D eigenvalue weighted by Crippen LogP contribution is -2.33. The van der Waals surface area contributed by atoms with E-state index in [0.29, 0.717) is 17.0 Å². The number of amides is 1. The van der Waals surface area contributed by atoms with Gasteiger partial charge < -0.3 is 19.8 Å². The van der Waals surface area contributed by atoms with Crippen molar-refractivity contribution in [2.75, 3.05) is 7.11 Å². The number of aryl methyl sites for hydroxylation is 1. The molecular formula is C13H20N2O4. The van der Waals surface area contributed by atoms with Crippen LogP contribution in [0.2, 0.25) is 0 Å². The van der Waals surface area contributed by atoms with E-state index in [9.17, 15) is 9.59 Å². The summed E-state index contributed by atoms with van der Waals surface area (Å²) in [7, 11) is 1.48. The number of ether oxygens (including phenoxy) is 2. The van der Waals surface area contributed by atoms with E-state index in [1.165, 1.54) is 7.11 Å². The summed E-state index contributed by atoms with van der Waals surface area (Å²) < 4.78 is 10.2. The van der Waals surface area contributed by atoms with Crippen LogP contribution in [0.1, 0.15) is 32.0 Å². The number of pyridine rings is 1. The van der Waals surface area contributed by atoms with Gasteiger partial charge in [0.25, 0.3) is 5.56 Å². The molecule has 19 heavy (non-hydrogen) atoms. The van der Waals surface area contributed by atoms with E-state index in [-0.39, 0.29) is 12.1 Å². The van der Waals surface area contributed by atoms with Crippen LogP contribution in [0.15, 0.2) is 10.9 Å². The fourth-order valence-electron chi connectivity index (χ4n) is 1.51. The lowest BCUT2D eigenvalue weighted by Gasteiger charge is -2.19. The third kappa shape index (κ3) is 4.65. The summed E-state index contributed by atoms with van der Waals surface area (Å²) in [5.74, 6) is 0.442. The molecule has 2 N–H and O–H groups in total. The van der Waals surface area contributed by atoms with Crippen molar-refractivity contribution in [3.8, 4) is 5.75 Å². The Kier molecular flexibility index (Phi) is 4.58. The molecule has 1 amide bonds. The first-order valence-electron chi connectivity index (χ1n) is 5.96. The Bertz CT molecular complexity index is 514. The third-order valence-corrected chi connectivity index (χ3v) is 2.26. The summed E-state index contributed by atoms with van der Waals surface area (Å²) in [4.78, 5) is 26.0. The first-order chi connectivity index (χ1) is 8.73. The van der Waals surface area contributed by atoms with Crippen LogP contribution in [-0.4, -0.2) is 23.8 Å². The van der Waals surface area contributed by atoms with Crippen LogP contribution in [0.25, 0.3) is 0 Å². The molecule has 0 spiro atoms. The minimum Gasteiger partial charge on any atom is -0.496 e. The molecule has 0 saturated carbocycles. The topological polar surface area (TPSA) is 80.4 Å². The molecule has 0 bridgehead atoms. The monoisotopic (exact) mass is 268 g/mol. The van der Waals surface area contributed by atoms with E-state index in [1.807, 2.05) is 0 Å². The number of aromatic amines is 1. The van der Waals surface area contributed by atoms with Gasteiger partial charge >= 0.3 is 6.09 Å². The van der Waals surface area contributed by atoms with Crippen molar-refractivity contribution >= 4 is 6.09 Å². The highest BCUT2D eigenvalue weighted by Crippen LogP contribution is 2.14. The van der Waals surface area contributed by atoms with Gasteiger partial charge in [-0.25, -0.2) is 4.79 Å². The molecule has 0 aromatic carbocycles. The van der Waals surface area contributed by atoms with Crippen molar-refractivity contribution < 1.29 is 14.3 Å². The molecule has 1 heterocycles. The highest BCUT2D eigenvalue weighted by Gasteiger charge is 2.17. The lowest BCUT2D eigenvalue weighted by molar-refractivity contribution is 0.0523. The van der Waals surface area contributed by atoms with Gasteiger partial charge in [-0.05, 0) is 33.8 Å². The molecule has 6 nitrogen and oxygen atoms in total. The highest BCUT2D eigenvalue weighted by atomic mass is 16.6. The number of hydrogen-bond acceptors (Lipinski definition) is 4. The number of nitrogens with one attached hydrogen (secondary N) is 2. The van der Waals surface area contributed by atoms with Crippen LogP contribution in [-0.2, 0) is 11.3 Å². The number of H-pyrrole nitrogens is 1. The Morgan fingerprint density at radius 3 is 2.58 bits per heavy atom. The average molecular weight is 268 g/mol. The first kappa shape index (κ1) is 15.1. The summed E-state index contributed by atoms with van der Waals surface area (Å²) in [6, 6.07) is 1.70. The van der Waals surface area contributed by atoms with E-state index in [4.69, 9.17) is 9.47 Å². The summed E-state index contributed by atoms with van der Waals surface area (Å²) in [6.07, 6.45) is -0.575. The van der Waals surface area contributed by atoms with Crippen molar-refractivity contribution in [1.82, 2.24) is 10.3 Å². The van der Waals surface area contributed by atoms with E-state index >= 15 is 0 Å². The molecule has 1 aromatic rings. The Morgan fingerprint density at radius 1 is 1.42 bits per heavy atom. The number of aromatic nitrogens is 1. The van der Waals surface area contributed by atoms with E-state index in [2.05, 4.69) is 10.3 Å². The zero-order valence-corrected chi connectivity index (χ0v) is 11.9. The van der Waals surface area contributed by atoms with Gasteiger partial charge in [0.15, 0.2) is 0 Å². The van der Waals surface area contributed by atoms with Gasteiger partial charge in [0.1, 0.15) is 11.4 Å². The fourth-order valence-corrected chi connectivity index (χ4v) is 1.51. The third-order valence-electron chi connectivity index (χ3n) is 2.26. The van der Waals surface area contributed by atoms with Crippen molar-refractivity contribution in [1.29, 1.82) is 0 Å². The maximum atomic E-state index is 11.8. The van der Waals surface area contributed by atoms with E-state index < -0.39 is 11.7 Å². The number of carbonyl (C=O) groups excluding carboxylic acids is 1. The Hall–Kier alpha value is -1.98. The maximum Gasteiger partial charge on any atom is 0.407 e. The molecule has 106 valence electrons. The van der Waals surface area contributed by atoms with Crippen molar-refractivity contribution in [2.45, 2.75) is 39.8 Å². The zero-order chi connectivity index (χ0) is 14.6. The van der Waals surface area contributed by atoms with E-state index in [0.717, 1.165) is 0 Å². The van der Waals surface area contributed by atoms with Crippen molar-refractivity contribution in [3.63, 3.8) is 0 Å². The van der Waals surface area contributed by atoms with Crippen LogP contribution < -0.4 is 15.6 Å². The summed E-state index contributed by atoms with van der Waals surface area (Å²) in [5, 5.41) is 2.53. The number of methoxy groups -OCH3 is 1. The van der Waals surface area contributed by atoms with Gasteiger partial charge in [-0.1, -0.05) is 0 Å². The molecule has 0 aliphatic carbocycles. The Morgan fingerprint density at radius 2 is 2.05 bits per heavy atom. The van der Waals surface area contributed by atoms with Gasteiger partial charge in [0, 0.05) is 5.69 Å². The summed E-state index contributed by atoms with van der Waals surface area (Å²) in [5.41, 5.74) is 0.197. The maximum absolute atomic E-state index is 11.8. The van der Waals surface area contributed by atoms with Crippen LogP contribution in [0.4, 0.5) is 4.79 Å². The Balaban J connectivity index is 2.78. The minimum absolute atomic E-state index is 0.0493. The standard InChI is InChI=1S/C13H20N2O4/c1-8-6-10(18-5)9(11(16)15-8)7-14-12(17)19-13(2,3)4/h6H,7H2,1-5H3,(H,14,17)(H,15,16). The fraction of sp³-hybridized carbons (Fsp3) is 0.538. The number of alkyl carbamates (subject to hydrolysis) is 1. The smallest absolute Gasteiger partial charge is 0.407 e. The quantitative estimate of drug-likeness (QED) is 0.874. The zero-order valence-electron chi connectivity index (χ0n) is 11.9. The van der Waals surface area contributed by atoms with Crippen LogP contribution in [0.3, 0.4) is 0 Å². The number of hydrogen-bond donors (Lipinski definition) is 2. The van der Waals surface area contributed by atoms with Gasteiger partial charge in [-0.3, -0.25) is 4.79 Å². The second-order valence-electron chi connectivity index (χ2n) is 5.18. The molecule has 0 fully saturated rings. The summed E-state index contributed by atoms with van der Waals surface area (Å²) in [6.45, 7) is 7.12. The van der Waals surface area contributed by atoms with Crippen molar-refractivity contribution in [3.05, 3.63) is 27.7 Å². The Labute approximate surface area is 112 Å². The van der Waals surface area contributed by atoms with Gasteiger partial charge in [0.2, 0.25) is 0 Å². The molecule has 0 atom stereocenters. The molecular weight excluding hydrogens is 248 g/mol. The van der Waals surface area contributed by atoms with E-state index in [1.54, 1.807) is 33.8 Å². The molecule has 0 aliphatic rings. The van der Waals surface area contributed by atoms with Gasteiger partial charge in [0.05, 0.1) is 19.2 Å². The molecule has 1 aromatic heterocycles. The normalized spacial score (nSPS) is 11.0. The van der Waals surface area contributed by atoms with Gasteiger partial charge in [-0.2, -0.15) is 0 Å². The molecule has 1 rings (SSSR count). The largest absolute Gasteiger partial charge is 0.496 e. The predicted octanol–water partition coefficient (Wildman–Crippen LogP) is 1.72. The average Bonchev–Trinajstić information content (AvgIpc) is 2.24. The van der Waals surface area contributed by atoms with Crippen molar-refractivity contribution in [2.24, 2.45) is 0 Å². The summed E-state index contributed by atoms with van der Waals surface area (Å²) >= 11 is 0. The predicted molar refractivity (Wildman–Crippen MR) is 71.4 cm³/mol. The van der Waals surface area contributed by atoms with Crippen LogP contribution >= 0.6 is 0 Å². The molecule has 6 heteroatoms. The number of rotatable bonds is 3. The SMILES string of the molecule is COc1cc(C)[nH]c(=O)c1CNC(=O)OC(C)(C)C. The molecule has 0 aliphatic heterocycles. The second kappa shape index (κ2) is 5.77. The van der Waals surface area contributed by atoms with Crippen LogP contribution in [0, 0.1) is 6.92 Å². The molecule has 0 saturated heterocycles. The van der Waals surface area contributed by atoms with Gasteiger partial charge in [-0.15, -0.1) is 0 Å². The lowest BCUT2D eigenvalue weighted by atomic mass is 10.2. The molecule has 0 radical (unpaired) electrons. The molecule has 0 unspecified atom stereocenters.